The predicted octanol–water partition coefficient (Wildman–Crippen LogP) is 3.99. The second-order valence-corrected chi connectivity index (χ2v) is 7.20. The molecule has 3 aromatic heterocycles. The van der Waals surface area contributed by atoms with Gasteiger partial charge in [0.25, 0.3) is 0 Å². The van der Waals surface area contributed by atoms with Crippen molar-refractivity contribution >= 4 is 5.82 Å². The van der Waals surface area contributed by atoms with Crippen molar-refractivity contribution in [3.63, 3.8) is 0 Å². The number of rotatable bonds is 4. The van der Waals surface area contributed by atoms with Crippen molar-refractivity contribution < 1.29 is 8.81 Å². The van der Waals surface area contributed by atoms with Crippen LogP contribution in [0.4, 0.5) is 10.2 Å². The van der Waals surface area contributed by atoms with E-state index in [4.69, 9.17) is 9.40 Å². The molecule has 0 unspecified atom stereocenters. The fraction of sp³-hybridized carbons (Fsp3) is 0.227. The van der Waals surface area contributed by atoms with Crippen molar-refractivity contribution in [3.05, 3.63) is 83.8 Å². The van der Waals surface area contributed by atoms with Gasteiger partial charge in [0.15, 0.2) is 11.7 Å². The SMILES string of the molecule is Cc1ccc(-c2cnc(Cc3ccc(F)cc3)o2)c(N2CCn3ccnc3C2)n1. The second kappa shape index (κ2) is 7.16. The molecule has 6 nitrogen and oxygen atoms in total. The molecule has 0 bridgehead atoms. The molecule has 1 aromatic carbocycles. The van der Waals surface area contributed by atoms with E-state index < -0.39 is 0 Å². The molecule has 0 radical (unpaired) electrons. The number of aryl methyl sites for hydroxylation is 1. The van der Waals surface area contributed by atoms with E-state index in [-0.39, 0.29) is 5.82 Å². The summed E-state index contributed by atoms with van der Waals surface area (Å²) < 4.78 is 21.3. The van der Waals surface area contributed by atoms with Gasteiger partial charge in [0.05, 0.1) is 18.3 Å². The number of oxazole rings is 1. The number of benzene rings is 1. The first-order chi connectivity index (χ1) is 14.2. The topological polar surface area (TPSA) is 60.0 Å². The van der Waals surface area contributed by atoms with E-state index in [0.29, 0.717) is 24.6 Å². The zero-order chi connectivity index (χ0) is 19.8. The third kappa shape index (κ3) is 3.51. The maximum Gasteiger partial charge on any atom is 0.199 e. The zero-order valence-electron chi connectivity index (χ0n) is 16.0. The van der Waals surface area contributed by atoms with Crippen LogP contribution < -0.4 is 4.90 Å². The molecule has 0 aliphatic carbocycles. The number of anilines is 1. The van der Waals surface area contributed by atoms with Crippen LogP contribution in [0.3, 0.4) is 0 Å². The van der Waals surface area contributed by atoms with Crippen LogP contribution in [-0.2, 0) is 19.5 Å². The summed E-state index contributed by atoms with van der Waals surface area (Å²) in [6.07, 6.45) is 6.09. The molecule has 0 amide bonds. The molecule has 0 spiro atoms. The van der Waals surface area contributed by atoms with Gasteiger partial charge in [-0.3, -0.25) is 0 Å². The summed E-state index contributed by atoms with van der Waals surface area (Å²) in [7, 11) is 0. The zero-order valence-corrected chi connectivity index (χ0v) is 16.0. The Morgan fingerprint density at radius 2 is 1.93 bits per heavy atom. The summed E-state index contributed by atoms with van der Waals surface area (Å²) in [6.45, 7) is 4.41. The highest BCUT2D eigenvalue weighted by molar-refractivity contribution is 5.72. The molecule has 4 aromatic rings. The lowest BCUT2D eigenvalue weighted by molar-refractivity contribution is 0.517. The molecular formula is C22H20FN5O. The van der Waals surface area contributed by atoms with Crippen molar-refractivity contribution in [1.29, 1.82) is 0 Å². The van der Waals surface area contributed by atoms with E-state index in [1.165, 1.54) is 12.1 Å². The Morgan fingerprint density at radius 1 is 1.07 bits per heavy atom. The van der Waals surface area contributed by atoms with E-state index in [1.807, 2.05) is 31.5 Å². The summed E-state index contributed by atoms with van der Waals surface area (Å²) in [4.78, 5) is 15.9. The Morgan fingerprint density at radius 3 is 2.79 bits per heavy atom. The number of imidazole rings is 1. The minimum atomic E-state index is -0.251. The summed E-state index contributed by atoms with van der Waals surface area (Å²) in [6, 6.07) is 10.4. The highest BCUT2D eigenvalue weighted by atomic mass is 19.1. The van der Waals surface area contributed by atoms with Crippen LogP contribution in [0.25, 0.3) is 11.3 Å². The summed E-state index contributed by atoms with van der Waals surface area (Å²) in [5, 5.41) is 0. The summed E-state index contributed by atoms with van der Waals surface area (Å²) in [5.41, 5.74) is 2.81. The molecule has 0 saturated carbocycles. The third-order valence-electron chi connectivity index (χ3n) is 5.15. The van der Waals surface area contributed by atoms with Crippen molar-refractivity contribution in [2.45, 2.75) is 26.4 Å². The largest absolute Gasteiger partial charge is 0.440 e. The quantitative estimate of drug-likeness (QED) is 0.528. The minimum Gasteiger partial charge on any atom is -0.440 e. The van der Waals surface area contributed by atoms with Crippen LogP contribution in [-0.4, -0.2) is 26.1 Å². The van der Waals surface area contributed by atoms with Gasteiger partial charge >= 0.3 is 0 Å². The lowest BCUT2D eigenvalue weighted by Crippen LogP contribution is -2.34. The molecule has 1 aliphatic rings. The van der Waals surface area contributed by atoms with Gasteiger partial charge in [-0.25, -0.2) is 19.3 Å². The first kappa shape index (κ1) is 17.6. The normalized spacial score (nSPS) is 13.5. The van der Waals surface area contributed by atoms with Crippen LogP contribution in [0.2, 0.25) is 0 Å². The van der Waals surface area contributed by atoms with Crippen molar-refractivity contribution in [2.75, 3.05) is 11.4 Å². The Bertz CT molecular complexity index is 1150. The molecule has 0 N–H and O–H groups in total. The molecule has 146 valence electrons. The fourth-order valence-electron chi connectivity index (χ4n) is 3.62. The van der Waals surface area contributed by atoms with Gasteiger partial charge in [-0.2, -0.15) is 0 Å². The Kier molecular flexibility index (Phi) is 4.35. The first-order valence-electron chi connectivity index (χ1n) is 9.58. The van der Waals surface area contributed by atoms with E-state index in [9.17, 15) is 4.39 Å². The Balaban J connectivity index is 1.44. The van der Waals surface area contributed by atoms with Gasteiger partial charge in [0.2, 0.25) is 0 Å². The van der Waals surface area contributed by atoms with Gasteiger partial charge in [0, 0.05) is 37.6 Å². The van der Waals surface area contributed by atoms with Gasteiger partial charge in [-0.1, -0.05) is 12.1 Å². The lowest BCUT2D eigenvalue weighted by atomic mass is 10.1. The highest BCUT2D eigenvalue weighted by Gasteiger charge is 2.22. The van der Waals surface area contributed by atoms with Gasteiger partial charge in [-0.15, -0.1) is 0 Å². The molecule has 0 fully saturated rings. The number of halogens is 1. The number of fused-ring (bicyclic) bond motifs is 1. The molecule has 4 heterocycles. The summed E-state index contributed by atoms with van der Waals surface area (Å²) in [5.74, 6) is 2.93. The first-order valence-corrected chi connectivity index (χ1v) is 9.58. The standard InChI is InChI=1S/C22H20FN5O/c1-15-2-7-18(22(26-15)28-11-10-27-9-8-24-20(27)14-28)19-13-25-21(29-19)12-16-3-5-17(23)6-4-16/h2-9,13H,10-12,14H2,1H3. The number of hydrogen-bond acceptors (Lipinski definition) is 5. The number of hydrogen-bond donors (Lipinski definition) is 0. The van der Waals surface area contributed by atoms with Crippen molar-refractivity contribution in [2.24, 2.45) is 0 Å². The smallest absolute Gasteiger partial charge is 0.199 e. The molecule has 7 heteroatoms. The second-order valence-electron chi connectivity index (χ2n) is 7.20. The average Bonchev–Trinajstić information content (AvgIpc) is 3.38. The van der Waals surface area contributed by atoms with Crippen LogP contribution >= 0.6 is 0 Å². The Hall–Kier alpha value is -3.48. The molecule has 0 atom stereocenters. The number of pyridine rings is 1. The minimum absolute atomic E-state index is 0.251. The van der Waals surface area contributed by atoms with Crippen LogP contribution in [0.15, 0.2) is 59.4 Å². The average molecular weight is 389 g/mol. The Labute approximate surface area is 167 Å². The van der Waals surface area contributed by atoms with E-state index in [2.05, 4.69) is 19.4 Å². The third-order valence-corrected chi connectivity index (χ3v) is 5.15. The molecule has 5 rings (SSSR count). The number of aromatic nitrogens is 4. The van der Waals surface area contributed by atoms with E-state index in [1.54, 1.807) is 18.3 Å². The maximum absolute atomic E-state index is 13.1. The van der Waals surface area contributed by atoms with Crippen molar-refractivity contribution in [3.8, 4) is 11.3 Å². The molecule has 0 saturated heterocycles. The van der Waals surface area contributed by atoms with Gasteiger partial charge in [0.1, 0.15) is 17.5 Å². The van der Waals surface area contributed by atoms with Gasteiger partial charge < -0.3 is 13.9 Å². The highest BCUT2D eigenvalue weighted by Crippen LogP contribution is 2.32. The van der Waals surface area contributed by atoms with Gasteiger partial charge in [-0.05, 0) is 36.8 Å². The fourth-order valence-corrected chi connectivity index (χ4v) is 3.62. The molecule has 29 heavy (non-hydrogen) atoms. The van der Waals surface area contributed by atoms with Crippen molar-refractivity contribution in [1.82, 2.24) is 19.5 Å². The van der Waals surface area contributed by atoms with Crippen LogP contribution in [0, 0.1) is 12.7 Å². The number of nitrogens with zero attached hydrogens (tertiary/aromatic N) is 5. The molecule has 1 aliphatic heterocycles. The molecular weight excluding hydrogens is 369 g/mol. The summed E-state index contributed by atoms with van der Waals surface area (Å²) >= 11 is 0. The van der Waals surface area contributed by atoms with E-state index >= 15 is 0 Å². The lowest BCUT2D eigenvalue weighted by Gasteiger charge is -2.30. The van der Waals surface area contributed by atoms with E-state index in [0.717, 1.165) is 41.6 Å². The van der Waals surface area contributed by atoms with Crippen LogP contribution in [0.5, 0.6) is 0 Å². The monoisotopic (exact) mass is 389 g/mol. The van der Waals surface area contributed by atoms with Crippen LogP contribution in [0.1, 0.15) is 23.0 Å². The predicted molar refractivity (Wildman–Crippen MR) is 107 cm³/mol. The maximum atomic E-state index is 13.1.